The maximum Gasteiger partial charge on any atom is 0.410 e. The van der Waals surface area contributed by atoms with E-state index < -0.39 is 36.9 Å². The van der Waals surface area contributed by atoms with Crippen molar-refractivity contribution in [2.75, 3.05) is 19.7 Å². The van der Waals surface area contributed by atoms with Crippen LogP contribution in [0.25, 0.3) is 0 Å². The molecular formula is C24H28F2N2O5. The second-order valence-corrected chi connectivity index (χ2v) is 8.16. The van der Waals surface area contributed by atoms with Crippen LogP contribution in [0.1, 0.15) is 24.5 Å². The Morgan fingerprint density at radius 1 is 1.09 bits per heavy atom. The third-order valence-corrected chi connectivity index (χ3v) is 5.38. The van der Waals surface area contributed by atoms with Gasteiger partial charge >= 0.3 is 12.2 Å². The van der Waals surface area contributed by atoms with Gasteiger partial charge in [0.1, 0.15) is 13.2 Å². The molecule has 1 saturated heterocycles. The molecule has 7 nitrogen and oxygen atoms in total. The molecule has 0 aliphatic carbocycles. The molecule has 0 saturated carbocycles. The summed E-state index contributed by atoms with van der Waals surface area (Å²) in [5.74, 6) is -3.09. The second-order valence-electron chi connectivity index (χ2n) is 8.16. The fourth-order valence-corrected chi connectivity index (χ4v) is 3.75. The Kier molecular flexibility index (Phi) is 8.21. The van der Waals surface area contributed by atoms with E-state index in [4.69, 9.17) is 9.47 Å². The molecule has 1 aliphatic rings. The van der Waals surface area contributed by atoms with Crippen molar-refractivity contribution in [3.05, 3.63) is 71.8 Å². The predicted octanol–water partition coefficient (Wildman–Crippen LogP) is 4.62. The highest BCUT2D eigenvalue weighted by molar-refractivity contribution is 5.69. The number of carbonyl (C=O) groups is 2. The van der Waals surface area contributed by atoms with E-state index in [-0.39, 0.29) is 32.7 Å². The smallest absolute Gasteiger partial charge is 0.410 e. The topological polar surface area (TPSA) is 79.3 Å². The number of halogens is 2. The lowest BCUT2D eigenvalue weighted by Crippen LogP contribution is -2.57. The first-order valence-corrected chi connectivity index (χ1v) is 10.7. The zero-order chi connectivity index (χ0) is 23.8. The van der Waals surface area contributed by atoms with Crippen molar-refractivity contribution in [2.24, 2.45) is 0 Å². The Morgan fingerprint density at radius 2 is 1.70 bits per heavy atom. The van der Waals surface area contributed by atoms with Crippen molar-refractivity contribution in [1.29, 1.82) is 0 Å². The van der Waals surface area contributed by atoms with Crippen molar-refractivity contribution in [1.82, 2.24) is 9.80 Å². The Labute approximate surface area is 191 Å². The molecule has 3 rings (SSSR count). The molecule has 1 fully saturated rings. The first-order chi connectivity index (χ1) is 15.7. The van der Waals surface area contributed by atoms with Crippen LogP contribution in [-0.2, 0) is 22.6 Å². The second kappa shape index (κ2) is 11.1. The standard InChI is InChI=1S/C24H28F2N2O5/c1-24(25,26)17-33-21-15-27(22(29)30)13-12-20(21)28(14-18-8-4-2-5-9-18)23(31)32-16-19-10-6-3-7-11-19/h2-11,20-21H,12-17H2,1H3,(H,29,30). The summed E-state index contributed by atoms with van der Waals surface area (Å²) in [5, 5.41) is 9.38. The minimum absolute atomic E-state index is 0.0531. The summed E-state index contributed by atoms with van der Waals surface area (Å²) in [4.78, 5) is 27.2. The van der Waals surface area contributed by atoms with E-state index in [0.717, 1.165) is 23.0 Å². The third-order valence-electron chi connectivity index (χ3n) is 5.38. The number of rotatable bonds is 8. The van der Waals surface area contributed by atoms with Gasteiger partial charge in [0.2, 0.25) is 0 Å². The molecule has 1 heterocycles. The van der Waals surface area contributed by atoms with Gasteiger partial charge in [-0.25, -0.2) is 18.4 Å². The summed E-state index contributed by atoms with van der Waals surface area (Å²) in [6.07, 6.45) is -2.46. The summed E-state index contributed by atoms with van der Waals surface area (Å²) in [6.45, 7) is 0.120. The molecule has 0 aromatic heterocycles. The van der Waals surface area contributed by atoms with Crippen LogP contribution < -0.4 is 0 Å². The average molecular weight is 462 g/mol. The number of benzene rings is 2. The Bertz CT molecular complexity index is 908. The highest BCUT2D eigenvalue weighted by Gasteiger charge is 2.40. The summed E-state index contributed by atoms with van der Waals surface area (Å²) in [7, 11) is 0. The van der Waals surface area contributed by atoms with Gasteiger partial charge < -0.3 is 19.5 Å². The van der Waals surface area contributed by atoms with Crippen LogP contribution in [-0.4, -0.2) is 64.9 Å². The lowest BCUT2D eigenvalue weighted by molar-refractivity contribution is -0.119. The monoisotopic (exact) mass is 462 g/mol. The van der Waals surface area contributed by atoms with Crippen LogP contribution >= 0.6 is 0 Å². The van der Waals surface area contributed by atoms with Crippen LogP contribution in [0, 0.1) is 0 Å². The maximum absolute atomic E-state index is 13.5. The number of nitrogens with zero attached hydrogens (tertiary/aromatic N) is 2. The lowest BCUT2D eigenvalue weighted by atomic mass is 9.99. The Hall–Kier alpha value is -3.20. The number of piperidine rings is 1. The first kappa shape index (κ1) is 24.4. The zero-order valence-electron chi connectivity index (χ0n) is 18.4. The number of carboxylic acid groups (broad SMARTS) is 1. The molecule has 2 aromatic rings. The normalized spacial score (nSPS) is 18.6. The van der Waals surface area contributed by atoms with E-state index >= 15 is 0 Å². The third kappa shape index (κ3) is 7.42. The zero-order valence-corrected chi connectivity index (χ0v) is 18.4. The van der Waals surface area contributed by atoms with E-state index in [1.165, 1.54) is 4.90 Å². The molecule has 2 amide bonds. The van der Waals surface area contributed by atoms with E-state index in [1.807, 2.05) is 60.7 Å². The van der Waals surface area contributed by atoms with Crippen molar-refractivity contribution in [2.45, 2.75) is 44.6 Å². The Balaban J connectivity index is 1.81. The SMILES string of the molecule is CC(F)(F)COC1CN(C(=O)O)CCC1N(Cc1ccccc1)C(=O)OCc1ccccc1. The van der Waals surface area contributed by atoms with Gasteiger partial charge in [0.15, 0.2) is 0 Å². The van der Waals surface area contributed by atoms with Gasteiger partial charge in [-0.05, 0) is 17.5 Å². The molecule has 2 unspecified atom stereocenters. The summed E-state index contributed by atoms with van der Waals surface area (Å²) in [6, 6.07) is 17.8. The van der Waals surface area contributed by atoms with Gasteiger partial charge in [0, 0.05) is 20.0 Å². The largest absolute Gasteiger partial charge is 0.465 e. The van der Waals surface area contributed by atoms with Gasteiger partial charge in [-0.15, -0.1) is 0 Å². The Morgan fingerprint density at radius 3 is 2.27 bits per heavy atom. The van der Waals surface area contributed by atoms with Crippen molar-refractivity contribution in [3.63, 3.8) is 0 Å². The van der Waals surface area contributed by atoms with Crippen LogP contribution in [0.5, 0.6) is 0 Å². The van der Waals surface area contributed by atoms with Gasteiger partial charge in [-0.3, -0.25) is 4.90 Å². The molecule has 0 radical (unpaired) electrons. The molecule has 1 N–H and O–H groups in total. The summed E-state index contributed by atoms with van der Waals surface area (Å²) in [5.41, 5.74) is 1.64. The molecular weight excluding hydrogens is 434 g/mol. The number of alkyl halides is 2. The fourth-order valence-electron chi connectivity index (χ4n) is 3.75. The van der Waals surface area contributed by atoms with Crippen molar-refractivity contribution in [3.8, 4) is 0 Å². The highest BCUT2D eigenvalue weighted by atomic mass is 19.3. The number of ether oxygens (including phenoxy) is 2. The van der Waals surface area contributed by atoms with Crippen LogP contribution in [0.4, 0.5) is 18.4 Å². The van der Waals surface area contributed by atoms with E-state index in [1.54, 1.807) is 0 Å². The fraction of sp³-hybridized carbons (Fsp3) is 0.417. The number of hydrogen-bond acceptors (Lipinski definition) is 4. The summed E-state index contributed by atoms with van der Waals surface area (Å²) < 4.78 is 38.0. The maximum atomic E-state index is 13.5. The van der Waals surface area contributed by atoms with Crippen LogP contribution in [0.2, 0.25) is 0 Å². The van der Waals surface area contributed by atoms with Gasteiger partial charge in [0.25, 0.3) is 5.92 Å². The molecule has 2 aromatic carbocycles. The van der Waals surface area contributed by atoms with Crippen LogP contribution in [0.15, 0.2) is 60.7 Å². The number of likely N-dealkylation sites (tertiary alicyclic amines) is 1. The molecule has 33 heavy (non-hydrogen) atoms. The van der Waals surface area contributed by atoms with Crippen LogP contribution in [0.3, 0.4) is 0 Å². The first-order valence-electron chi connectivity index (χ1n) is 10.7. The molecule has 9 heteroatoms. The summed E-state index contributed by atoms with van der Waals surface area (Å²) >= 11 is 0. The quantitative estimate of drug-likeness (QED) is 0.619. The van der Waals surface area contributed by atoms with E-state index in [9.17, 15) is 23.5 Å². The highest BCUT2D eigenvalue weighted by Crippen LogP contribution is 2.25. The minimum Gasteiger partial charge on any atom is -0.465 e. The lowest BCUT2D eigenvalue weighted by Gasteiger charge is -2.42. The number of carbonyl (C=O) groups excluding carboxylic acids is 1. The van der Waals surface area contributed by atoms with E-state index in [0.29, 0.717) is 0 Å². The average Bonchev–Trinajstić information content (AvgIpc) is 2.80. The van der Waals surface area contributed by atoms with Gasteiger partial charge in [0.05, 0.1) is 18.7 Å². The molecule has 0 bridgehead atoms. The predicted molar refractivity (Wildman–Crippen MR) is 117 cm³/mol. The van der Waals surface area contributed by atoms with Gasteiger partial charge in [-0.1, -0.05) is 60.7 Å². The molecule has 1 aliphatic heterocycles. The molecule has 0 spiro atoms. The number of amides is 2. The molecule has 178 valence electrons. The van der Waals surface area contributed by atoms with Gasteiger partial charge in [-0.2, -0.15) is 0 Å². The minimum atomic E-state index is -3.09. The van der Waals surface area contributed by atoms with E-state index in [2.05, 4.69) is 0 Å². The van der Waals surface area contributed by atoms with Crippen molar-refractivity contribution < 1.29 is 33.0 Å². The molecule has 2 atom stereocenters. The number of hydrogen-bond donors (Lipinski definition) is 1. The van der Waals surface area contributed by atoms with Crippen molar-refractivity contribution >= 4 is 12.2 Å².